The first-order valence-corrected chi connectivity index (χ1v) is 8.97. The number of anilines is 2. The highest BCUT2D eigenvalue weighted by Gasteiger charge is 2.18. The van der Waals surface area contributed by atoms with Gasteiger partial charge in [0.05, 0.1) is 40.6 Å². The average Bonchev–Trinajstić information content (AvgIpc) is 2.97. The van der Waals surface area contributed by atoms with Crippen LogP contribution in [-0.4, -0.2) is 28.4 Å². The third kappa shape index (κ3) is 4.03. The normalized spacial score (nSPS) is 10.4. The lowest BCUT2D eigenvalue weighted by Gasteiger charge is -2.11. The first-order chi connectivity index (χ1) is 13.5. The summed E-state index contributed by atoms with van der Waals surface area (Å²) in [7, 11) is 0. The van der Waals surface area contributed by atoms with E-state index in [1.54, 1.807) is 35.9 Å². The van der Waals surface area contributed by atoms with Crippen LogP contribution in [0.1, 0.15) is 28.7 Å². The number of hydrogen-bond acceptors (Lipinski definition) is 4. The Morgan fingerprint density at radius 1 is 1.00 bits per heavy atom. The van der Waals surface area contributed by atoms with Gasteiger partial charge in [0.25, 0.3) is 5.91 Å². The van der Waals surface area contributed by atoms with Gasteiger partial charge in [-0.1, -0.05) is 30.3 Å². The largest absolute Gasteiger partial charge is 0.450 e. The van der Waals surface area contributed by atoms with Crippen LogP contribution in [0, 0.1) is 13.8 Å². The molecule has 1 heterocycles. The second-order valence-corrected chi connectivity index (χ2v) is 6.14. The molecular formula is C21H22N4O3. The van der Waals surface area contributed by atoms with Crippen molar-refractivity contribution in [1.82, 2.24) is 9.78 Å². The molecule has 7 heteroatoms. The highest BCUT2D eigenvalue weighted by Crippen LogP contribution is 2.24. The zero-order valence-electron chi connectivity index (χ0n) is 16.0. The standard InChI is InChI=1S/C21H22N4O3/c1-4-28-21(27)22-18-13-9-8-12-17(18)20(26)23-19-14(2)24-25(15(19)3)16-10-6-5-7-11-16/h5-13H,4H2,1-3H3,(H,22,27)(H,23,26). The molecule has 0 aliphatic rings. The van der Waals surface area contributed by atoms with Gasteiger partial charge in [0.1, 0.15) is 0 Å². The second-order valence-electron chi connectivity index (χ2n) is 6.14. The summed E-state index contributed by atoms with van der Waals surface area (Å²) in [6, 6.07) is 16.5. The fourth-order valence-corrected chi connectivity index (χ4v) is 2.89. The SMILES string of the molecule is CCOC(=O)Nc1ccccc1C(=O)Nc1c(C)nn(-c2ccccc2)c1C. The average molecular weight is 378 g/mol. The van der Waals surface area contributed by atoms with Gasteiger partial charge in [0.15, 0.2) is 0 Å². The zero-order chi connectivity index (χ0) is 20.1. The molecular weight excluding hydrogens is 356 g/mol. The van der Waals surface area contributed by atoms with E-state index in [0.29, 0.717) is 22.6 Å². The summed E-state index contributed by atoms with van der Waals surface area (Å²) in [5.41, 5.74) is 3.78. The van der Waals surface area contributed by atoms with E-state index in [1.807, 2.05) is 44.2 Å². The molecule has 0 fully saturated rings. The van der Waals surface area contributed by atoms with Crippen LogP contribution >= 0.6 is 0 Å². The maximum absolute atomic E-state index is 12.9. The van der Waals surface area contributed by atoms with Gasteiger partial charge in [-0.3, -0.25) is 10.1 Å². The summed E-state index contributed by atoms with van der Waals surface area (Å²) < 4.78 is 6.68. The van der Waals surface area contributed by atoms with E-state index in [0.717, 1.165) is 11.4 Å². The van der Waals surface area contributed by atoms with Crippen LogP contribution in [0.2, 0.25) is 0 Å². The van der Waals surface area contributed by atoms with E-state index >= 15 is 0 Å². The first kappa shape index (κ1) is 19.2. The van der Waals surface area contributed by atoms with Crippen molar-refractivity contribution in [3.8, 4) is 5.69 Å². The number of para-hydroxylation sites is 2. The Hall–Kier alpha value is -3.61. The van der Waals surface area contributed by atoms with Crippen LogP contribution < -0.4 is 10.6 Å². The number of hydrogen-bond donors (Lipinski definition) is 2. The fourth-order valence-electron chi connectivity index (χ4n) is 2.89. The Morgan fingerprint density at radius 2 is 1.68 bits per heavy atom. The summed E-state index contributed by atoms with van der Waals surface area (Å²) in [6.07, 6.45) is -0.605. The van der Waals surface area contributed by atoms with Crippen LogP contribution in [-0.2, 0) is 4.74 Å². The van der Waals surface area contributed by atoms with Crippen LogP contribution in [0.15, 0.2) is 54.6 Å². The lowest BCUT2D eigenvalue weighted by atomic mass is 10.1. The third-order valence-electron chi connectivity index (χ3n) is 4.21. The maximum Gasteiger partial charge on any atom is 0.411 e. The second kappa shape index (κ2) is 8.39. The molecule has 3 rings (SSSR count). The molecule has 0 saturated heterocycles. The molecule has 1 aromatic heterocycles. The molecule has 0 saturated carbocycles. The Bertz CT molecular complexity index is 996. The van der Waals surface area contributed by atoms with Gasteiger partial charge in [0, 0.05) is 0 Å². The van der Waals surface area contributed by atoms with Gasteiger partial charge in [-0.2, -0.15) is 5.10 Å². The van der Waals surface area contributed by atoms with Gasteiger partial charge in [-0.25, -0.2) is 9.48 Å². The van der Waals surface area contributed by atoms with Crippen molar-refractivity contribution >= 4 is 23.4 Å². The molecule has 0 atom stereocenters. The van der Waals surface area contributed by atoms with Crippen molar-refractivity contribution in [2.24, 2.45) is 0 Å². The molecule has 7 nitrogen and oxygen atoms in total. The van der Waals surface area contributed by atoms with Crippen LogP contribution in [0.4, 0.5) is 16.2 Å². The Kier molecular flexibility index (Phi) is 5.74. The number of carbonyl (C=O) groups is 2. The molecule has 0 spiro atoms. The van der Waals surface area contributed by atoms with E-state index in [-0.39, 0.29) is 12.5 Å². The van der Waals surface area contributed by atoms with Crippen molar-refractivity contribution in [3.63, 3.8) is 0 Å². The lowest BCUT2D eigenvalue weighted by Crippen LogP contribution is -2.19. The molecule has 0 aliphatic carbocycles. The first-order valence-electron chi connectivity index (χ1n) is 8.97. The number of nitrogens with zero attached hydrogens (tertiary/aromatic N) is 2. The Morgan fingerprint density at radius 3 is 2.39 bits per heavy atom. The molecule has 2 N–H and O–H groups in total. The number of benzene rings is 2. The minimum absolute atomic E-state index is 0.247. The van der Waals surface area contributed by atoms with Gasteiger partial charge < -0.3 is 10.1 Å². The number of amides is 2. The van der Waals surface area contributed by atoms with E-state index in [2.05, 4.69) is 15.7 Å². The molecule has 144 valence electrons. The highest BCUT2D eigenvalue weighted by atomic mass is 16.5. The molecule has 2 amide bonds. The van der Waals surface area contributed by atoms with Gasteiger partial charge in [-0.05, 0) is 45.0 Å². The van der Waals surface area contributed by atoms with Gasteiger partial charge in [0.2, 0.25) is 0 Å². The highest BCUT2D eigenvalue weighted by molar-refractivity contribution is 6.10. The number of aryl methyl sites for hydroxylation is 1. The fraction of sp³-hybridized carbons (Fsp3) is 0.190. The van der Waals surface area contributed by atoms with E-state index in [1.165, 1.54) is 0 Å². The van der Waals surface area contributed by atoms with E-state index in [4.69, 9.17) is 4.74 Å². The minimum atomic E-state index is -0.605. The summed E-state index contributed by atoms with van der Waals surface area (Å²) in [6.45, 7) is 5.70. The Labute approximate surface area is 163 Å². The Balaban J connectivity index is 1.87. The van der Waals surface area contributed by atoms with E-state index < -0.39 is 6.09 Å². The molecule has 0 bridgehead atoms. The molecule has 0 unspecified atom stereocenters. The zero-order valence-corrected chi connectivity index (χ0v) is 16.0. The number of rotatable bonds is 5. The van der Waals surface area contributed by atoms with Crippen molar-refractivity contribution in [3.05, 3.63) is 71.5 Å². The van der Waals surface area contributed by atoms with Gasteiger partial charge >= 0.3 is 6.09 Å². The predicted molar refractivity (Wildman–Crippen MR) is 108 cm³/mol. The number of carbonyl (C=O) groups excluding carboxylic acids is 2. The molecule has 3 aromatic rings. The molecule has 28 heavy (non-hydrogen) atoms. The summed E-state index contributed by atoms with van der Waals surface area (Å²) in [5.74, 6) is -0.341. The number of nitrogens with one attached hydrogen (secondary N) is 2. The quantitative estimate of drug-likeness (QED) is 0.693. The molecule has 2 aromatic carbocycles. The topological polar surface area (TPSA) is 85.2 Å². The molecule has 0 radical (unpaired) electrons. The number of aromatic nitrogens is 2. The monoisotopic (exact) mass is 378 g/mol. The summed E-state index contributed by atoms with van der Waals surface area (Å²) in [5, 5.41) is 10.0. The van der Waals surface area contributed by atoms with Crippen LogP contribution in [0.25, 0.3) is 5.69 Å². The molecule has 0 aliphatic heterocycles. The van der Waals surface area contributed by atoms with Gasteiger partial charge in [-0.15, -0.1) is 0 Å². The van der Waals surface area contributed by atoms with Crippen molar-refractivity contribution in [2.75, 3.05) is 17.2 Å². The van der Waals surface area contributed by atoms with Crippen molar-refractivity contribution in [1.29, 1.82) is 0 Å². The smallest absolute Gasteiger partial charge is 0.411 e. The summed E-state index contributed by atoms with van der Waals surface area (Å²) >= 11 is 0. The lowest BCUT2D eigenvalue weighted by molar-refractivity contribution is 0.102. The van der Waals surface area contributed by atoms with Crippen molar-refractivity contribution < 1.29 is 14.3 Å². The third-order valence-corrected chi connectivity index (χ3v) is 4.21. The summed E-state index contributed by atoms with van der Waals surface area (Å²) in [4.78, 5) is 24.6. The van der Waals surface area contributed by atoms with E-state index in [9.17, 15) is 9.59 Å². The minimum Gasteiger partial charge on any atom is -0.450 e. The van der Waals surface area contributed by atoms with Crippen LogP contribution in [0.5, 0.6) is 0 Å². The van der Waals surface area contributed by atoms with Crippen molar-refractivity contribution in [2.45, 2.75) is 20.8 Å². The number of ether oxygens (including phenoxy) is 1. The van der Waals surface area contributed by atoms with Crippen LogP contribution in [0.3, 0.4) is 0 Å². The predicted octanol–water partition coefficient (Wildman–Crippen LogP) is 4.31. The maximum atomic E-state index is 12.9.